The zero-order valence-corrected chi connectivity index (χ0v) is 12.6. The van der Waals surface area contributed by atoms with Gasteiger partial charge in [-0.1, -0.05) is 6.92 Å². The van der Waals surface area contributed by atoms with Gasteiger partial charge in [-0.2, -0.15) is 5.10 Å². The van der Waals surface area contributed by atoms with E-state index in [1.54, 1.807) is 0 Å². The summed E-state index contributed by atoms with van der Waals surface area (Å²) in [5.41, 5.74) is 7.49. The normalized spacial score (nSPS) is 17.2. The number of hydrogen-bond acceptors (Lipinski definition) is 3. The molecule has 0 saturated carbocycles. The Kier molecular flexibility index (Phi) is 4.93. The van der Waals surface area contributed by atoms with Gasteiger partial charge in [-0.25, -0.2) is 0 Å². The van der Waals surface area contributed by atoms with E-state index in [1.807, 2.05) is 10.9 Å². The maximum absolute atomic E-state index is 6.39. The molecule has 2 N–H and O–H groups in total. The maximum atomic E-state index is 6.39. The molecule has 1 aromatic heterocycles. The molecule has 0 radical (unpaired) electrons. The standard InChI is InChI=1S/C14H28N4/c1-7-14(4,17(5)6)13(15)10-12-8-9-18(16-12)11(2)3/h8-9,11,13H,7,10,15H2,1-6H3. The Hall–Kier alpha value is -0.870. The Balaban J connectivity index is 2.76. The fraction of sp³-hybridized carbons (Fsp3) is 0.786. The quantitative estimate of drug-likeness (QED) is 0.843. The number of hydrogen-bond donors (Lipinski definition) is 1. The molecule has 0 aliphatic carbocycles. The second-order valence-electron chi connectivity index (χ2n) is 5.80. The van der Waals surface area contributed by atoms with E-state index in [0.29, 0.717) is 6.04 Å². The lowest BCUT2D eigenvalue weighted by atomic mass is 9.86. The Bertz CT molecular complexity index is 370. The minimum absolute atomic E-state index is 0.0155. The van der Waals surface area contributed by atoms with Crippen molar-refractivity contribution in [1.82, 2.24) is 14.7 Å². The van der Waals surface area contributed by atoms with Gasteiger partial charge in [-0.05, 0) is 47.4 Å². The Labute approximate surface area is 111 Å². The molecule has 104 valence electrons. The first-order chi connectivity index (χ1) is 8.31. The van der Waals surface area contributed by atoms with E-state index in [4.69, 9.17) is 5.73 Å². The molecule has 0 aliphatic rings. The van der Waals surface area contributed by atoms with Crippen LogP contribution >= 0.6 is 0 Å². The Morgan fingerprint density at radius 1 is 1.44 bits per heavy atom. The van der Waals surface area contributed by atoms with Gasteiger partial charge in [-0.3, -0.25) is 4.68 Å². The van der Waals surface area contributed by atoms with E-state index in [1.165, 1.54) is 0 Å². The zero-order chi connectivity index (χ0) is 13.9. The Morgan fingerprint density at radius 3 is 2.44 bits per heavy atom. The summed E-state index contributed by atoms with van der Waals surface area (Å²) in [7, 11) is 4.19. The molecule has 2 atom stereocenters. The van der Waals surface area contributed by atoms with Crippen LogP contribution in [-0.2, 0) is 6.42 Å². The second kappa shape index (κ2) is 5.85. The molecule has 0 fully saturated rings. The van der Waals surface area contributed by atoms with Gasteiger partial charge in [0, 0.05) is 30.2 Å². The number of nitrogens with two attached hydrogens (primary N) is 1. The highest BCUT2D eigenvalue weighted by Crippen LogP contribution is 2.22. The van der Waals surface area contributed by atoms with Crippen LogP contribution in [0.15, 0.2) is 12.3 Å². The van der Waals surface area contributed by atoms with E-state index in [-0.39, 0.29) is 11.6 Å². The molecule has 0 bridgehead atoms. The first kappa shape index (κ1) is 15.2. The molecule has 2 unspecified atom stereocenters. The van der Waals surface area contributed by atoms with E-state index < -0.39 is 0 Å². The van der Waals surface area contributed by atoms with Crippen LogP contribution in [0.1, 0.15) is 45.9 Å². The minimum atomic E-state index is 0.0155. The summed E-state index contributed by atoms with van der Waals surface area (Å²) in [5, 5.41) is 4.58. The highest BCUT2D eigenvalue weighted by Gasteiger charge is 2.32. The van der Waals surface area contributed by atoms with Crippen molar-refractivity contribution in [2.45, 2.75) is 58.2 Å². The van der Waals surface area contributed by atoms with Gasteiger partial charge in [0.1, 0.15) is 0 Å². The van der Waals surface area contributed by atoms with Crippen molar-refractivity contribution < 1.29 is 0 Å². The summed E-state index contributed by atoms with van der Waals surface area (Å²) in [6, 6.07) is 2.57. The number of nitrogens with zero attached hydrogens (tertiary/aromatic N) is 3. The minimum Gasteiger partial charge on any atom is -0.326 e. The van der Waals surface area contributed by atoms with Crippen molar-refractivity contribution in [2.24, 2.45) is 5.73 Å². The lowest BCUT2D eigenvalue weighted by molar-refractivity contribution is 0.131. The van der Waals surface area contributed by atoms with Crippen LogP contribution in [0.25, 0.3) is 0 Å². The molecule has 0 spiro atoms. The summed E-state index contributed by atoms with van der Waals surface area (Å²) in [6.07, 6.45) is 3.89. The van der Waals surface area contributed by atoms with Gasteiger partial charge >= 0.3 is 0 Å². The van der Waals surface area contributed by atoms with Gasteiger partial charge in [0.2, 0.25) is 0 Å². The van der Waals surface area contributed by atoms with Crippen LogP contribution in [0.5, 0.6) is 0 Å². The van der Waals surface area contributed by atoms with Crippen LogP contribution < -0.4 is 5.73 Å². The maximum Gasteiger partial charge on any atom is 0.0640 e. The van der Waals surface area contributed by atoms with Gasteiger partial charge in [-0.15, -0.1) is 0 Å². The monoisotopic (exact) mass is 252 g/mol. The third-order valence-corrected chi connectivity index (χ3v) is 4.16. The molecule has 0 amide bonds. The molecular formula is C14H28N4. The molecule has 1 heterocycles. The van der Waals surface area contributed by atoms with Crippen molar-refractivity contribution in [1.29, 1.82) is 0 Å². The van der Waals surface area contributed by atoms with Gasteiger partial charge in [0.25, 0.3) is 0 Å². The molecule has 0 aromatic carbocycles. The second-order valence-corrected chi connectivity index (χ2v) is 5.80. The summed E-state index contributed by atoms with van der Waals surface area (Å²) in [6.45, 7) is 8.67. The zero-order valence-electron chi connectivity index (χ0n) is 12.6. The molecule has 0 aliphatic heterocycles. The van der Waals surface area contributed by atoms with E-state index >= 15 is 0 Å². The van der Waals surface area contributed by atoms with Gasteiger partial charge in [0.15, 0.2) is 0 Å². The summed E-state index contributed by atoms with van der Waals surface area (Å²) >= 11 is 0. The molecule has 1 aromatic rings. The average Bonchev–Trinajstić information content (AvgIpc) is 2.76. The lowest BCUT2D eigenvalue weighted by Gasteiger charge is -2.40. The molecule has 4 heteroatoms. The number of rotatable bonds is 6. The first-order valence-corrected chi connectivity index (χ1v) is 6.78. The number of aromatic nitrogens is 2. The predicted molar refractivity (Wildman–Crippen MR) is 76.7 cm³/mol. The van der Waals surface area contributed by atoms with Crippen LogP contribution in [0.4, 0.5) is 0 Å². The molecule has 0 saturated heterocycles. The summed E-state index contributed by atoms with van der Waals surface area (Å²) in [5.74, 6) is 0. The van der Waals surface area contributed by atoms with Gasteiger partial charge in [0.05, 0.1) is 5.69 Å². The fourth-order valence-electron chi connectivity index (χ4n) is 2.13. The lowest BCUT2D eigenvalue weighted by Crippen LogP contribution is -2.55. The molecular weight excluding hydrogens is 224 g/mol. The topological polar surface area (TPSA) is 47.1 Å². The van der Waals surface area contributed by atoms with Crippen molar-refractivity contribution in [2.75, 3.05) is 14.1 Å². The fourth-order valence-corrected chi connectivity index (χ4v) is 2.13. The summed E-state index contributed by atoms with van der Waals surface area (Å²) in [4.78, 5) is 2.22. The third kappa shape index (κ3) is 3.12. The molecule has 4 nitrogen and oxygen atoms in total. The van der Waals surface area contributed by atoms with Crippen molar-refractivity contribution in [3.8, 4) is 0 Å². The van der Waals surface area contributed by atoms with E-state index in [2.05, 4.69) is 57.9 Å². The van der Waals surface area contributed by atoms with Crippen LogP contribution in [0.2, 0.25) is 0 Å². The highest BCUT2D eigenvalue weighted by atomic mass is 15.3. The Morgan fingerprint density at radius 2 is 2.06 bits per heavy atom. The molecule has 18 heavy (non-hydrogen) atoms. The van der Waals surface area contributed by atoms with Gasteiger partial charge < -0.3 is 10.6 Å². The SMILES string of the molecule is CCC(C)(C(N)Cc1ccn(C(C)C)n1)N(C)C. The third-order valence-electron chi connectivity index (χ3n) is 4.16. The predicted octanol–water partition coefficient (Wildman–Crippen LogP) is 2.06. The van der Waals surface area contributed by atoms with Crippen LogP contribution in [-0.4, -0.2) is 40.4 Å². The average molecular weight is 252 g/mol. The van der Waals surface area contributed by atoms with E-state index in [9.17, 15) is 0 Å². The summed E-state index contributed by atoms with van der Waals surface area (Å²) < 4.78 is 1.99. The highest BCUT2D eigenvalue weighted by molar-refractivity contribution is 5.06. The smallest absolute Gasteiger partial charge is 0.0640 e. The first-order valence-electron chi connectivity index (χ1n) is 6.78. The van der Waals surface area contributed by atoms with E-state index in [0.717, 1.165) is 18.5 Å². The van der Waals surface area contributed by atoms with Crippen LogP contribution in [0, 0.1) is 0 Å². The van der Waals surface area contributed by atoms with Crippen molar-refractivity contribution in [3.05, 3.63) is 18.0 Å². The van der Waals surface area contributed by atoms with Crippen molar-refractivity contribution in [3.63, 3.8) is 0 Å². The van der Waals surface area contributed by atoms with Crippen molar-refractivity contribution >= 4 is 0 Å². The van der Waals surface area contributed by atoms with Crippen LogP contribution in [0.3, 0.4) is 0 Å². The largest absolute Gasteiger partial charge is 0.326 e. The molecule has 1 rings (SSSR count). The number of likely N-dealkylation sites (N-methyl/N-ethyl adjacent to an activating group) is 1.